The number of ether oxygens (including phenoxy) is 1. The maximum absolute atomic E-state index is 5.55. The van der Waals surface area contributed by atoms with E-state index in [1.807, 2.05) is 0 Å². The van der Waals surface area contributed by atoms with Gasteiger partial charge in [0.25, 0.3) is 0 Å². The van der Waals surface area contributed by atoms with E-state index < -0.39 is 0 Å². The van der Waals surface area contributed by atoms with E-state index in [-0.39, 0.29) is 0 Å². The second-order valence-corrected chi connectivity index (χ2v) is 6.04. The second kappa shape index (κ2) is 5.02. The van der Waals surface area contributed by atoms with Crippen molar-refractivity contribution >= 4 is 0 Å². The molecule has 0 aliphatic carbocycles. The van der Waals surface area contributed by atoms with Crippen molar-refractivity contribution in [2.24, 2.45) is 5.92 Å². The summed E-state index contributed by atoms with van der Waals surface area (Å²) in [4.78, 5) is 0. The fourth-order valence-corrected chi connectivity index (χ4v) is 3.30. The molecule has 1 N–H and O–H groups in total. The fraction of sp³-hybridized carbons (Fsp3) is 0.625. The summed E-state index contributed by atoms with van der Waals surface area (Å²) in [6.45, 7) is 6.37. The van der Waals surface area contributed by atoms with Crippen molar-refractivity contribution in [3.05, 3.63) is 35.4 Å². The van der Waals surface area contributed by atoms with Crippen LogP contribution in [0.3, 0.4) is 0 Å². The van der Waals surface area contributed by atoms with Gasteiger partial charge in [0.15, 0.2) is 0 Å². The Labute approximate surface area is 110 Å². The highest BCUT2D eigenvalue weighted by molar-refractivity contribution is 5.31. The third-order valence-electron chi connectivity index (χ3n) is 4.56. The summed E-state index contributed by atoms with van der Waals surface area (Å²) in [6.07, 6.45) is 3.96. The Bertz CT molecular complexity index is 388. The fourth-order valence-electron chi connectivity index (χ4n) is 3.30. The van der Waals surface area contributed by atoms with E-state index in [0.29, 0.717) is 5.41 Å². The number of benzene rings is 1. The van der Waals surface area contributed by atoms with Crippen LogP contribution in [0.25, 0.3) is 0 Å². The van der Waals surface area contributed by atoms with Crippen LogP contribution >= 0.6 is 0 Å². The predicted octanol–water partition coefficient (Wildman–Crippen LogP) is 2.65. The van der Waals surface area contributed by atoms with E-state index in [1.165, 1.54) is 43.5 Å². The lowest BCUT2D eigenvalue weighted by molar-refractivity contribution is -0.0731. The molecule has 0 atom stereocenters. The van der Waals surface area contributed by atoms with Crippen LogP contribution in [0.4, 0.5) is 0 Å². The maximum Gasteiger partial charge on any atom is 0.0585 e. The van der Waals surface area contributed by atoms with E-state index in [1.54, 1.807) is 0 Å². The average molecular weight is 245 g/mol. The van der Waals surface area contributed by atoms with Gasteiger partial charge in [-0.1, -0.05) is 29.8 Å². The topological polar surface area (TPSA) is 21.3 Å². The molecule has 0 aromatic heterocycles. The minimum Gasteiger partial charge on any atom is -0.379 e. The van der Waals surface area contributed by atoms with Gasteiger partial charge in [-0.15, -0.1) is 0 Å². The van der Waals surface area contributed by atoms with Gasteiger partial charge in [-0.25, -0.2) is 0 Å². The Hall–Kier alpha value is -0.860. The highest BCUT2D eigenvalue weighted by atomic mass is 16.5. The molecule has 0 radical (unpaired) electrons. The molecule has 2 fully saturated rings. The van der Waals surface area contributed by atoms with Gasteiger partial charge in [-0.3, -0.25) is 0 Å². The first-order valence-corrected chi connectivity index (χ1v) is 7.14. The number of nitrogens with one attached hydrogen (secondary N) is 1. The van der Waals surface area contributed by atoms with Crippen molar-refractivity contribution < 1.29 is 4.74 Å². The first-order chi connectivity index (χ1) is 8.78. The van der Waals surface area contributed by atoms with Crippen LogP contribution in [0.2, 0.25) is 0 Å². The summed E-state index contributed by atoms with van der Waals surface area (Å²) >= 11 is 0. The SMILES string of the molecule is Cc1ccc(C2(CC3CCNCC3)COC2)cc1. The normalized spacial score (nSPS) is 23.6. The van der Waals surface area contributed by atoms with Crippen LogP contribution in [0.15, 0.2) is 24.3 Å². The Morgan fingerprint density at radius 2 is 1.83 bits per heavy atom. The van der Waals surface area contributed by atoms with Gasteiger partial charge in [0, 0.05) is 5.41 Å². The maximum atomic E-state index is 5.55. The van der Waals surface area contributed by atoms with Crippen LogP contribution < -0.4 is 5.32 Å². The second-order valence-electron chi connectivity index (χ2n) is 6.04. The van der Waals surface area contributed by atoms with Gasteiger partial charge in [-0.05, 0) is 50.8 Å². The van der Waals surface area contributed by atoms with Crippen LogP contribution in [0, 0.1) is 12.8 Å². The number of piperidine rings is 1. The standard InChI is InChI=1S/C16H23NO/c1-13-2-4-15(5-3-13)16(11-18-12-16)10-14-6-8-17-9-7-14/h2-5,14,17H,6-12H2,1H3. The molecule has 0 unspecified atom stereocenters. The molecule has 1 aromatic carbocycles. The van der Waals surface area contributed by atoms with Gasteiger partial charge in [0.1, 0.15) is 0 Å². The Kier molecular flexibility index (Phi) is 3.40. The molecule has 18 heavy (non-hydrogen) atoms. The average Bonchev–Trinajstić information content (AvgIpc) is 2.36. The van der Waals surface area contributed by atoms with E-state index in [0.717, 1.165) is 19.1 Å². The van der Waals surface area contributed by atoms with Gasteiger partial charge < -0.3 is 10.1 Å². The molecular weight excluding hydrogens is 222 g/mol. The molecule has 2 saturated heterocycles. The Morgan fingerprint density at radius 3 is 2.39 bits per heavy atom. The number of rotatable bonds is 3. The highest BCUT2D eigenvalue weighted by Gasteiger charge is 2.41. The summed E-state index contributed by atoms with van der Waals surface area (Å²) in [6, 6.07) is 9.08. The lowest BCUT2D eigenvalue weighted by Gasteiger charge is -2.45. The number of aryl methyl sites for hydroxylation is 1. The zero-order valence-electron chi connectivity index (χ0n) is 11.2. The molecule has 0 amide bonds. The molecule has 0 bridgehead atoms. The molecule has 98 valence electrons. The third kappa shape index (κ3) is 2.32. The third-order valence-corrected chi connectivity index (χ3v) is 4.56. The molecule has 0 spiro atoms. The van der Waals surface area contributed by atoms with E-state index in [4.69, 9.17) is 4.74 Å². The molecule has 0 saturated carbocycles. The predicted molar refractivity (Wildman–Crippen MR) is 73.9 cm³/mol. The minimum absolute atomic E-state index is 0.315. The first kappa shape index (κ1) is 12.2. The number of hydrogen-bond acceptors (Lipinski definition) is 2. The summed E-state index contributed by atoms with van der Waals surface area (Å²) in [7, 11) is 0. The van der Waals surface area contributed by atoms with Gasteiger partial charge in [0.2, 0.25) is 0 Å². The van der Waals surface area contributed by atoms with Crippen LogP contribution in [-0.4, -0.2) is 26.3 Å². The molecule has 2 nitrogen and oxygen atoms in total. The van der Waals surface area contributed by atoms with Crippen LogP contribution in [-0.2, 0) is 10.2 Å². The highest BCUT2D eigenvalue weighted by Crippen LogP contribution is 2.40. The lowest BCUT2D eigenvalue weighted by Crippen LogP contribution is -2.49. The molecule has 2 aliphatic rings. The Morgan fingerprint density at radius 1 is 1.17 bits per heavy atom. The zero-order chi connectivity index (χ0) is 12.4. The van der Waals surface area contributed by atoms with Crippen molar-refractivity contribution in [3.63, 3.8) is 0 Å². The molecular formula is C16H23NO. The van der Waals surface area contributed by atoms with Crippen molar-refractivity contribution in [2.75, 3.05) is 26.3 Å². The Balaban J connectivity index is 1.74. The molecule has 1 aromatic rings. The number of hydrogen-bond donors (Lipinski definition) is 1. The van der Waals surface area contributed by atoms with Crippen LogP contribution in [0.5, 0.6) is 0 Å². The van der Waals surface area contributed by atoms with Gasteiger partial charge >= 0.3 is 0 Å². The van der Waals surface area contributed by atoms with Crippen molar-refractivity contribution in [3.8, 4) is 0 Å². The van der Waals surface area contributed by atoms with Crippen molar-refractivity contribution in [1.82, 2.24) is 5.32 Å². The van der Waals surface area contributed by atoms with Gasteiger partial charge in [-0.2, -0.15) is 0 Å². The summed E-state index contributed by atoms with van der Waals surface area (Å²) < 4.78 is 5.55. The van der Waals surface area contributed by atoms with Gasteiger partial charge in [0.05, 0.1) is 13.2 Å². The summed E-state index contributed by atoms with van der Waals surface area (Å²) in [5.41, 5.74) is 3.14. The smallest absolute Gasteiger partial charge is 0.0585 e. The molecule has 3 rings (SSSR count). The summed E-state index contributed by atoms with van der Waals surface area (Å²) in [5, 5.41) is 3.45. The van der Waals surface area contributed by atoms with Crippen molar-refractivity contribution in [2.45, 2.75) is 31.6 Å². The van der Waals surface area contributed by atoms with E-state index in [2.05, 4.69) is 36.5 Å². The molecule has 2 heterocycles. The van der Waals surface area contributed by atoms with Crippen molar-refractivity contribution in [1.29, 1.82) is 0 Å². The zero-order valence-corrected chi connectivity index (χ0v) is 11.2. The lowest BCUT2D eigenvalue weighted by atomic mass is 9.70. The van der Waals surface area contributed by atoms with Crippen LogP contribution in [0.1, 0.15) is 30.4 Å². The first-order valence-electron chi connectivity index (χ1n) is 7.14. The monoisotopic (exact) mass is 245 g/mol. The molecule has 2 heteroatoms. The largest absolute Gasteiger partial charge is 0.379 e. The van der Waals surface area contributed by atoms with E-state index >= 15 is 0 Å². The molecule has 2 aliphatic heterocycles. The van der Waals surface area contributed by atoms with E-state index in [9.17, 15) is 0 Å². The quantitative estimate of drug-likeness (QED) is 0.884. The minimum atomic E-state index is 0.315. The summed E-state index contributed by atoms with van der Waals surface area (Å²) in [5.74, 6) is 0.872.